The third-order valence-electron chi connectivity index (χ3n) is 1.52. The van der Waals surface area contributed by atoms with Crippen molar-refractivity contribution < 1.29 is 0 Å². The van der Waals surface area contributed by atoms with Crippen molar-refractivity contribution >= 4 is 6.21 Å². The molecule has 62 valence electrons. The summed E-state index contributed by atoms with van der Waals surface area (Å²) in [6.07, 6.45) is 5.00. The molecule has 1 unspecified atom stereocenters. The number of allylic oxidation sites excluding steroid dienone is 1. The lowest BCUT2D eigenvalue weighted by molar-refractivity contribution is 0.753. The zero-order valence-corrected chi connectivity index (χ0v) is 7.89. The molecular weight excluding hydrogens is 134 g/mol. The minimum atomic E-state index is 0.573. The molecule has 0 spiro atoms. The molecule has 0 fully saturated rings. The summed E-state index contributed by atoms with van der Waals surface area (Å²) in [6, 6.07) is 0. The minimum Gasteiger partial charge on any atom is -0.257 e. The van der Waals surface area contributed by atoms with Gasteiger partial charge in [-0.1, -0.05) is 13.8 Å². The van der Waals surface area contributed by atoms with Crippen LogP contribution >= 0.6 is 0 Å². The van der Waals surface area contributed by atoms with E-state index in [-0.39, 0.29) is 0 Å². The Labute approximate surface area is 69.5 Å². The Morgan fingerprint density at radius 1 is 1.64 bits per heavy atom. The molecule has 0 N–H and O–H groups in total. The standard InChI is InChI=1S/C10H17N/c1-5-7-10(4)11-8-9(3)6-2/h5,8-9H,6H2,1-4H3/b11-8-. The van der Waals surface area contributed by atoms with E-state index < -0.39 is 0 Å². The molecule has 0 aliphatic rings. The van der Waals surface area contributed by atoms with Crippen LogP contribution in [0, 0.1) is 5.92 Å². The smallest absolute Gasteiger partial charge is 0.0782 e. The summed E-state index contributed by atoms with van der Waals surface area (Å²) in [5, 5.41) is 0. The molecule has 0 rings (SSSR count). The number of hydrogen-bond acceptors (Lipinski definition) is 1. The Hall–Kier alpha value is -0.810. The van der Waals surface area contributed by atoms with Gasteiger partial charge in [0, 0.05) is 6.21 Å². The first-order valence-corrected chi connectivity index (χ1v) is 4.12. The highest BCUT2D eigenvalue weighted by molar-refractivity contribution is 5.61. The van der Waals surface area contributed by atoms with Crippen LogP contribution in [0.5, 0.6) is 0 Å². The van der Waals surface area contributed by atoms with Crippen molar-refractivity contribution in [1.82, 2.24) is 0 Å². The summed E-state index contributed by atoms with van der Waals surface area (Å²) in [6.45, 7) is 8.22. The summed E-state index contributed by atoms with van der Waals surface area (Å²) in [5.41, 5.74) is 3.97. The van der Waals surface area contributed by atoms with Crippen LogP contribution < -0.4 is 0 Å². The Kier molecular flexibility index (Phi) is 5.50. The minimum absolute atomic E-state index is 0.573. The zero-order valence-electron chi connectivity index (χ0n) is 7.89. The molecule has 0 radical (unpaired) electrons. The first-order valence-electron chi connectivity index (χ1n) is 4.12. The lowest BCUT2D eigenvalue weighted by Gasteiger charge is -1.96. The van der Waals surface area contributed by atoms with Crippen molar-refractivity contribution in [1.29, 1.82) is 0 Å². The maximum atomic E-state index is 4.23. The molecule has 0 bridgehead atoms. The van der Waals surface area contributed by atoms with Crippen LogP contribution in [0.25, 0.3) is 0 Å². The molecule has 0 aliphatic heterocycles. The van der Waals surface area contributed by atoms with Crippen molar-refractivity contribution in [2.24, 2.45) is 10.9 Å². The van der Waals surface area contributed by atoms with Gasteiger partial charge in [0.05, 0.1) is 5.70 Å². The number of nitrogens with zero attached hydrogens (tertiary/aromatic N) is 1. The molecule has 0 saturated heterocycles. The van der Waals surface area contributed by atoms with Gasteiger partial charge in [-0.15, -0.1) is 5.73 Å². The topological polar surface area (TPSA) is 12.4 Å². The fourth-order valence-corrected chi connectivity index (χ4v) is 0.591. The molecule has 0 saturated carbocycles. The molecule has 0 aromatic rings. The van der Waals surface area contributed by atoms with Gasteiger partial charge < -0.3 is 0 Å². The molecule has 0 amide bonds. The SMILES string of the molecule is CC=C=C(C)/N=C\C(C)CC. The average molecular weight is 151 g/mol. The summed E-state index contributed by atoms with van der Waals surface area (Å²) < 4.78 is 0. The van der Waals surface area contributed by atoms with E-state index in [1.165, 1.54) is 0 Å². The van der Waals surface area contributed by atoms with Crippen molar-refractivity contribution in [3.05, 3.63) is 17.5 Å². The van der Waals surface area contributed by atoms with Crippen LogP contribution in [-0.2, 0) is 0 Å². The van der Waals surface area contributed by atoms with Gasteiger partial charge >= 0.3 is 0 Å². The van der Waals surface area contributed by atoms with Gasteiger partial charge in [0.15, 0.2) is 0 Å². The molecule has 1 heteroatoms. The van der Waals surface area contributed by atoms with Gasteiger partial charge in [-0.25, -0.2) is 0 Å². The van der Waals surface area contributed by atoms with E-state index in [4.69, 9.17) is 0 Å². The number of rotatable bonds is 3. The highest BCUT2D eigenvalue weighted by atomic mass is 14.7. The molecule has 0 heterocycles. The highest BCUT2D eigenvalue weighted by Crippen LogP contribution is 1.98. The fraction of sp³-hybridized carbons (Fsp3) is 0.600. The monoisotopic (exact) mass is 151 g/mol. The van der Waals surface area contributed by atoms with Gasteiger partial charge in [0.25, 0.3) is 0 Å². The second kappa shape index (κ2) is 5.94. The largest absolute Gasteiger partial charge is 0.257 e. The van der Waals surface area contributed by atoms with Crippen molar-refractivity contribution in [3.63, 3.8) is 0 Å². The lowest BCUT2D eigenvalue weighted by Crippen LogP contribution is -1.91. The predicted octanol–water partition coefficient (Wildman–Crippen LogP) is 3.18. The Morgan fingerprint density at radius 3 is 2.73 bits per heavy atom. The van der Waals surface area contributed by atoms with Crippen molar-refractivity contribution in [3.8, 4) is 0 Å². The second-order valence-corrected chi connectivity index (χ2v) is 2.68. The van der Waals surface area contributed by atoms with Crippen LogP contribution in [0.3, 0.4) is 0 Å². The third-order valence-corrected chi connectivity index (χ3v) is 1.52. The van der Waals surface area contributed by atoms with Crippen LogP contribution in [0.4, 0.5) is 0 Å². The molecule has 0 aliphatic carbocycles. The van der Waals surface area contributed by atoms with E-state index in [1.807, 2.05) is 26.1 Å². The van der Waals surface area contributed by atoms with Gasteiger partial charge in [0.2, 0.25) is 0 Å². The van der Waals surface area contributed by atoms with Crippen LogP contribution in [0.2, 0.25) is 0 Å². The Bertz CT molecular complexity index is 183. The average Bonchev–Trinajstić information content (AvgIpc) is 2.01. The Morgan fingerprint density at radius 2 is 2.27 bits per heavy atom. The van der Waals surface area contributed by atoms with Gasteiger partial charge in [-0.05, 0) is 32.3 Å². The summed E-state index contributed by atoms with van der Waals surface area (Å²) in [5.74, 6) is 0.573. The van der Waals surface area contributed by atoms with E-state index in [0.29, 0.717) is 5.92 Å². The van der Waals surface area contributed by atoms with E-state index >= 15 is 0 Å². The van der Waals surface area contributed by atoms with E-state index in [0.717, 1.165) is 12.1 Å². The fourth-order valence-electron chi connectivity index (χ4n) is 0.591. The van der Waals surface area contributed by atoms with Crippen molar-refractivity contribution in [2.45, 2.75) is 34.1 Å². The maximum absolute atomic E-state index is 4.23. The van der Waals surface area contributed by atoms with Crippen LogP contribution in [-0.4, -0.2) is 6.21 Å². The Balaban J connectivity index is 4.03. The van der Waals surface area contributed by atoms with Gasteiger partial charge in [-0.3, -0.25) is 4.99 Å². The van der Waals surface area contributed by atoms with E-state index in [2.05, 4.69) is 24.6 Å². The highest BCUT2D eigenvalue weighted by Gasteiger charge is 1.90. The molecule has 1 nitrogen and oxygen atoms in total. The van der Waals surface area contributed by atoms with Crippen LogP contribution in [0.15, 0.2) is 22.5 Å². The van der Waals surface area contributed by atoms with Gasteiger partial charge in [0.1, 0.15) is 0 Å². The predicted molar refractivity (Wildman–Crippen MR) is 50.9 cm³/mol. The molecule has 0 aromatic carbocycles. The van der Waals surface area contributed by atoms with Gasteiger partial charge in [-0.2, -0.15) is 0 Å². The molecular formula is C10H17N. The van der Waals surface area contributed by atoms with Crippen molar-refractivity contribution in [2.75, 3.05) is 0 Å². The number of hydrogen-bond donors (Lipinski definition) is 0. The molecule has 0 aromatic heterocycles. The normalized spacial score (nSPS) is 12.7. The van der Waals surface area contributed by atoms with Crippen LogP contribution in [0.1, 0.15) is 34.1 Å². The van der Waals surface area contributed by atoms with E-state index in [1.54, 1.807) is 0 Å². The summed E-state index contributed by atoms with van der Waals surface area (Å²) >= 11 is 0. The lowest BCUT2D eigenvalue weighted by atomic mass is 10.1. The maximum Gasteiger partial charge on any atom is 0.0782 e. The van der Waals surface area contributed by atoms with E-state index in [9.17, 15) is 0 Å². The number of aliphatic imine (C=N–C) groups is 1. The second-order valence-electron chi connectivity index (χ2n) is 2.68. The quantitative estimate of drug-likeness (QED) is 0.434. The molecule has 1 atom stereocenters. The first-order chi connectivity index (χ1) is 5.20. The third kappa shape index (κ3) is 5.63. The molecule has 11 heavy (non-hydrogen) atoms. The first kappa shape index (κ1) is 10.2. The zero-order chi connectivity index (χ0) is 8.69. The summed E-state index contributed by atoms with van der Waals surface area (Å²) in [4.78, 5) is 4.23. The summed E-state index contributed by atoms with van der Waals surface area (Å²) in [7, 11) is 0.